The van der Waals surface area contributed by atoms with E-state index in [0.717, 1.165) is 30.4 Å². The van der Waals surface area contributed by atoms with Crippen LogP contribution in [-0.2, 0) is 13.1 Å². The second-order valence-electron chi connectivity index (χ2n) is 5.25. The molecule has 0 unspecified atom stereocenters. The zero-order valence-corrected chi connectivity index (χ0v) is 16.4. The van der Waals surface area contributed by atoms with Gasteiger partial charge in [-0.2, -0.15) is 5.10 Å². The van der Waals surface area contributed by atoms with Gasteiger partial charge in [0.15, 0.2) is 11.8 Å². The van der Waals surface area contributed by atoms with Gasteiger partial charge < -0.3 is 15.2 Å². The highest BCUT2D eigenvalue weighted by molar-refractivity contribution is 14.0. The fourth-order valence-electron chi connectivity index (χ4n) is 2.33. The third-order valence-electron chi connectivity index (χ3n) is 3.56. The molecule has 0 saturated heterocycles. The Bertz CT molecular complexity index is 766. The summed E-state index contributed by atoms with van der Waals surface area (Å²) in [5.41, 5.74) is 1.11. The number of hydrogen-bond acceptors (Lipinski definition) is 3. The summed E-state index contributed by atoms with van der Waals surface area (Å²) in [5.74, 6) is 1.58. The Kier molecular flexibility index (Phi) is 7.45. The average molecular weight is 451 g/mol. The molecule has 0 spiro atoms. The summed E-state index contributed by atoms with van der Waals surface area (Å²) in [4.78, 5) is 8.58. The third-order valence-corrected chi connectivity index (χ3v) is 3.56. The van der Waals surface area contributed by atoms with Gasteiger partial charge in [0.2, 0.25) is 0 Å². The minimum Gasteiger partial charge on any atom is -0.355 e. The van der Waals surface area contributed by atoms with E-state index in [1.54, 1.807) is 24.1 Å². The summed E-state index contributed by atoms with van der Waals surface area (Å²) in [5, 5.41) is 10.8. The normalized spacial score (nSPS) is 11.0. The number of rotatable bonds is 6. The van der Waals surface area contributed by atoms with Crippen LogP contribution in [0.5, 0.6) is 0 Å². The maximum Gasteiger partial charge on any atom is 0.191 e. The molecular weight excluding hydrogens is 429 g/mol. The van der Waals surface area contributed by atoms with Crippen LogP contribution in [0.1, 0.15) is 5.56 Å². The second kappa shape index (κ2) is 9.82. The topological polar surface area (TPSA) is 72.1 Å². The summed E-state index contributed by atoms with van der Waals surface area (Å²) in [7, 11) is 1.77. The molecule has 132 valence electrons. The Labute approximate surface area is 164 Å². The van der Waals surface area contributed by atoms with Crippen LogP contribution >= 0.6 is 24.0 Å². The van der Waals surface area contributed by atoms with Crippen molar-refractivity contribution in [2.75, 3.05) is 13.6 Å². The lowest BCUT2D eigenvalue weighted by Gasteiger charge is -2.12. The maximum atomic E-state index is 4.33. The van der Waals surface area contributed by atoms with Crippen LogP contribution in [0.15, 0.2) is 66.3 Å². The van der Waals surface area contributed by atoms with Gasteiger partial charge in [0.1, 0.15) is 0 Å². The standard InChI is InChI=1S/C17H21N7.HI/c1-18-17(20-8-12-23-9-2-3-10-23)21-14-15-5-7-19-16(13-15)24-11-4-6-22-24;/h2-7,9-11,13H,8,12,14H2,1H3,(H2,18,20,21);1H. The molecular formula is C17H22IN7. The largest absolute Gasteiger partial charge is 0.355 e. The van der Waals surface area contributed by atoms with E-state index in [1.165, 1.54) is 0 Å². The van der Waals surface area contributed by atoms with E-state index in [1.807, 2.05) is 48.9 Å². The zero-order valence-electron chi connectivity index (χ0n) is 14.0. The number of pyridine rings is 1. The number of hydrogen-bond donors (Lipinski definition) is 2. The maximum absolute atomic E-state index is 4.33. The van der Waals surface area contributed by atoms with E-state index in [2.05, 4.69) is 30.3 Å². The molecule has 0 fully saturated rings. The summed E-state index contributed by atoms with van der Waals surface area (Å²) in [6.45, 7) is 2.37. The lowest BCUT2D eigenvalue weighted by molar-refractivity contribution is 0.665. The minimum atomic E-state index is 0. The van der Waals surface area contributed by atoms with Crippen molar-refractivity contribution in [2.24, 2.45) is 4.99 Å². The molecule has 3 rings (SSSR count). The lowest BCUT2D eigenvalue weighted by Crippen LogP contribution is -2.38. The first-order valence-corrected chi connectivity index (χ1v) is 7.85. The SMILES string of the molecule is CN=C(NCCn1cccc1)NCc1ccnc(-n2cccn2)c1.I. The Morgan fingerprint density at radius 1 is 1.12 bits per heavy atom. The van der Waals surface area contributed by atoms with E-state index >= 15 is 0 Å². The first-order chi connectivity index (χ1) is 11.8. The summed E-state index contributed by atoms with van der Waals surface area (Å²) >= 11 is 0. The molecule has 3 heterocycles. The fraction of sp³-hybridized carbons (Fsp3) is 0.235. The van der Waals surface area contributed by atoms with Crippen molar-refractivity contribution in [1.82, 2.24) is 30.0 Å². The van der Waals surface area contributed by atoms with E-state index in [0.29, 0.717) is 6.54 Å². The smallest absolute Gasteiger partial charge is 0.191 e. The van der Waals surface area contributed by atoms with Gasteiger partial charge >= 0.3 is 0 Å². The van der Waals surface area contributed by atoms with Crippen LogP contribution in [0.3, 0.4) is 0 Å². The molecule has 0 amide bonds. The highest BCUT2D eigenvalue weighted by Crippen LogP contribution is 2.05. The highest BCUT2D eigenvalue weighted by atomic mass is 127. The Morgan fingerprint density at radius 3 is 2.68 bits per heavy atom. The quantitative estimate of drug-likeness (QED) is 0.342. The molecule has 0 saturated carbocycles. The monoisotopic (exact) mass is 451 g/mol. The van der Waals surface area contributed by atoms with Gasteiger partial charge in [-0.05, 0) is 35.9 Å². The summed E-state index contributed by atoms with van der Waals surface area (Å²) < 4.78 is 3.87. The summed E-state index contributed by atoms with van der Waals surface area (Å²) in [6.07, 6.45) is 9.50. The molecule has 0 bridgehead atoms. The molecule has 0 atom stereocenters. The first-order valence-electron chi connectivity index (χ1n) is 7.85. The van der Waals surface area contributed by atoms with E-state index in [9.17, 15) is 0 Å². The van der Waals surface area contributed by atoms with Crippen molar-refractivity contribution < 1.29 is 0 Å². The van der Waals surface area contributed by atoms with Crippen molar-refractivity contribution in [2.45, 2.75) is 13.1 Å². The molecule has 0 aliphatic rings. The molecule has 7 nitrogen and oxygen atoms in total. The van der Waals surface area contributed by atoms with Gasteiger partial charge in [-0.1, -0.05) is 0 Å². The number of aromatic nitrogens is 4. The third kappa shape index (κ3) is 5.59. The van der Waals surface area contributed by atoms with Crippen molar-refractivity contribution in [3.8, 4) is 5.82 Å². The van der Waals surface area contributed by atoms with Gasteiger partial charge in [-0.25, -0.2) is 9.67 Å². The van der Waals surface area contributed by atoms with Crippen LogP contribution in [0.25, 0.3) is 5.82 Å². The predicted molar refractivity (Wildman–Crippen MR) is 109 cm³/mol. The van der Waals surface area contributed by atoms with Gasteiger partial charge in [0.25, 0.3) is 0 Å². The molecule has 25 heavy (non-hydrogen) atoms. The van der Waals surface area contributed by atoms with Gasteiger partial charge in [-0.15, -0.1) is 24.0 Å². The van der Waals surface area contributed by atoms with Crippen LogP contribution < -0.4 is 10.6 Å². The van der Waals surface area contributed by atoms with Crippen LogP contribution in [-0.4, -0.2) is 38.9 Å². The highest BCUT2D eigenvalue weighted by Gasteiger charge is 2.02. The summed E-state index contributed by atoms with van der Waals surface area (Å²) in [6, 6.07) is 9.91. The molecule has 3 aromatic heterocycles. The van der Waals surface area contributed by atoms with E-state index in [4.69, 9.17) is 0 Å². The number of guanidine groups is 1. The Morgan fingerprint density at radius 2 is 1.96 bits per heavy atom. The second-order valence-corrected chi connectivity index (χ2v) is 5.25. The minimum absolute atomic E-state index is 0. The van der Waals surface area contributed by atoms with Gasteiger partial charge in [0, 0.05) is 57.7 Å². The molecule has 0 aromatic carbocycles. The zero-order chi connectivity index (χ0) is 16.6. The van der Waals surface area contributed by atoms with E-state index in [-0.39, 0.29) is 24.0 Å². The van der Waals surface area contributed by atoms with Crippen molar-refractivity contribution in [1.29, 1.82) is 0 Å². The van der Waals surface area contributed by atoms with Gasteiger partial charge in [-0.3, -0.25) is 4.99 Å². The molecule has 0 radical (unpaired) electrons. The Balaban J connectivity index is 0.00000225. The number of nitrogens with one attached hydrogen (secondary N) is 2. The van der Waals surface area contributed by atoms with E-state index < -0.39 is 0 Å². The fourth-order valence-corrected chi connectivity index (χ4v) is 2.33. The molecule has 0 aliphatic carbocycles. The average Bonchev–Trinajstić information content (AvgIpc) is 3.31. The van der Waals surface area contributed by atoms with Crippen molar-refractivity contribution in [3.63, 3.8) is 0 Å². The first kappa shape index (κ1) is 19.0. The molecule has 8 heteroatoms. The Hall–Kier alpha value is -2.36. The molecule has 3 aromatic rings. The number of halogens is 1. The molecule has 0 aliphatic heterocycles. The van der Waals surface area contributed by atoms with Crippen LogP contribution in [0.4, 0.5) is 0 Å². The lowest BCUT2D eigenvalue weighted by atomic mass is 10.2. The molecule has 2 N–H and O–H groups in total. The van der Waals surface area contributed by atoms with Crippen molar-refractivity contribution >= 4 is 29.9 Å². The number of nitrogens with zero attached hydrogens (tertiary/aromatic N) is 5. The van der Waals surface area contributed by atoms with Crippen LogP contribution in [0.2, 0.25) is 0 Å². The van der Waals surface area contributed by atoms with Crippen molar-refractivity contribution in [3.05, 3.63) is 66.9 Å². The van der Waals surface area contributed by atoms with Gasteiger partial charge in [0.05, 0.1) is 0 Å². The predicted octanol–water partition coefficient (Wildman–Crippen LogP) is 2.05. The number of aliphatic imine (C=N–C) groups is 1. The van der Waals surface area contributed by atoms with Crippen LogP contribution in [0, 0.1) is 0 Å².